The molecule has 0 aliphatic carbocycles. The summed E-state index contributed by atoms with van der Waals surface area (Å²) in [5.74, 6) is 0. The summed E-state index contributed by atoms with van der Waals surface area (Å²) in [6.45, 7) is 7.00. The zero-order valence-corrected chi connectivity index (χ0v) is 13.4. The smallest absolute Gasteiger partial charge is 1.00 e. The fraction of sp³-hybridized carbons (Fsp3) is 0. The third kappa shape index (κ3) is 96.4. The number of hydrogen-bond donors (Lipinski definition) is 0. The maximum atomic E-state index is 4.95. The van der Waals surface area contributed by atoms with Crippen molar-refractivity contribution < 1.29 is 63.4 Å². The molecular formula is C2H3BrCl3LiMgZn. The molecule has 0 aliphatic rings. The van der Waals surface area contributed by atoms with Crippen LogP contribution in [0.4, 0.5) is 0 Å². The van der Waals surface area contributed by atoms with Gasteiger partial charge in [0.1, 0.15) is 0 Å². The van der Waals surface area contributed by atoms with Crippen LogP contribution >= 0.6 is 19.4 Å². The molecule has 0 saturated heterocycles. The maximum absolute atomic E-state index is 4.95. The van der Waals surface area contributed by atoms with Crippen molar-refractivity contribution in [2.75, 3.05) is 0 Å². The molecule has 0 radical (unpaired) electrons. The van der Waals surface area contributed by atoms with Crippen LogP contribution in [0.15, 0.2) is 6.58 Å². The van der Waals surface area contributed by atoms with Crippen molar-refractivity contribution in [2.24, 2.45) is 0 Å². The minimum Gasteiger partial charge on any atom is 1.00 e. The Morgan fingerprint density at radius 1 is 1.22 bits per heavy atom. The minimum absolute atomic E-state index is 0. The first-order valence-corrected chi connectivity index (χ1v) is 8.74. The predicted octanol–water partition coefficient (Wildman–Crippen LogP) is -7.39. The van der Waals surface area contributed by atoms with Crippen LogP contribution in [-0.4, -0.2) is 23.1 Å². The average Bonchev–Trinajstić information content (AvgIpc) is 1.46. The van der Waals surface area contributed by atoms with E-state index in [0.717, 1.165) is 0 Å². The molecule has 0 N–H and O–H groups in total. The molecule has 0 saturated carbocycles. The fourth-order valence-corrected chi connectivity index (χ4v) is 0. The molecule has 0 fully saturated rings. The second-order valence-electron chi connectivity index (χ2n) is 0.101. The van der Waals surface area contributed by atoms with Gasteiger partial charge in [-0.3, -0.25) is 6.58 Å². The van der Waals surface area contributed by atoms with Gasteiger partial charge in [0.25, 0.3) is 0 Å². The molecule has 0 bridgehead atoms. The van der Waals surface area contributed by atoms with Gasteiger partial charge >= 0.3 is 76.4 Å². The molecule has 0 unspecified atom stereocenters. The molecule has 0 aromatic heterocycles. The van der Waals surface area contributed by atoms with E-state index in [1.165, 1.54) is 0 Å². The second-order valence-corrected chi connectivity index (χ2v) is 4.72. The molecule has 0 nitrogen and oxygen atoms in total. The molecule has 0 rings (SSSR count). The van der Waals surface area contributed by atoms with Gasteiger partial charge in [-0.05, 0) is 0 Å². The summed E-state index contributed by atoms with van der Waals surface area (Å²) in [6, 6.07) is 0. The van der Waals surface area contributed by atoms with Crippen LogP contribution in [0.2, 0.25) is 0 Å². The van der Waals surface area contributed by atoms with Crippen molar-refractivity contribution >= 4 is 42.4 Å². The predicted molar refractivity (Wildman–Crippen MR) is 27.4 cm³/mol. The van der Waals surface area contributed by atoms with Crippen molar-refractivity contribution in [2.45, 2.75) is 0 Å². The number of halogens is 4. The molecule has 9 heavy (non-hydrogen) atoms. The van der Waals surface area contributed by atoms with E-state index in [-0.39, 0.29) is 71.3 Å². The van der Waals surface area contributed by atoms with Gasteiger partial charge in [0, 0.05) is 0 Å². The SMILES string of the molecule is [Br-].[CH-]=C.[Cl-].[Cl][Zn][Cl].[Li+].[Mg+2]. The van der Waals surface area contributed by atoms with E-state index in [2.05, 4.69) is 13.2 Å². The first kappa shape index (κ1) is 40.1. The topological polar surface area (TPSA) is 0 Å². The van der Waals surface area contributed by atoms with Gasteiger partial charge < -0.3 is 36.0 Å². The molecule has 0 heterocycles. The summed E-state index contributed by atoms with van der Waals surface area (Å²) in [4.78, 5) is 0. The Labute approximate surface area is 117 Å². The Kier molecular flexibility index (Phi) is 302. The van der Waals surface area contributed by atoms with Gasteiger partial charge in [-0.15, -0.1) is 0 Å². The molecule has 0 amide bonds. The van der Waals surface area contributed by atoms with Crippen LogP contribution in [0, 0.1) is 6.58 Å². The van der Waals surface area contributed by atoms with Crippen molar-refractivity contribution in [3.8, 4) is 0 Å². The molecule has 0 spiro atoms. The fourth-order valence-electron chi connectivity index (χ4n) is 0. The van der Waals surface area contributed by atoms with Crippen molar-refractivity contribution in [1.82, 2.24) is 0 Å². The van der Waals surface area contributed by atoms with Crippen molar-refractivity contribution in [3.63, 3.8) is 0 Å². The molecule has 0 aromatic rings. The van der Waals surface area contributed by atoms with Crippen LogP contribution in [-0.2, 0) is 15.1 Å². The van der Waals surface area contributed by atoms with Gasteiger partial charge in [0.05, 0.1) is 0 Å². The van der Waals surface area contributed by atoms with E-state index in [1.54, 1.807) is 0 Å². The van der Waals surface area contributed by atoms with E-state index >= 15 is 0 Å². The van der Waals surface area contributed by atoms with Crippen molar-refractivity contribution in [1.29, 1.82) is 0 Å². The molecule has 0 aromatic carbocycles. The monoisotopic (exact) mass is 306 g/mol. The molecule has 44 valence electrons. The summed E-state index contributed by atoms with van der Waals surface area (Å²) >= 11 is -0.931. The molecule has 7 heteroatoms. The third-order valence-corrected chi connectivity index (χ3v) is 0. The van der Waals surface area contributed by atoms with Crippen LogP contribution in [0.3, 0.4) is 0 Å². The molecule has 0 aliphatic heterocycles. The first-order valence-electron chi connectivity index (χ1n) is 0.943. The standard InChI is InChI=1S/C2H3.BrH.3ClH.Li.Mg.Zn/c1-2;;;;;;;/h1H,2H2;4*1H;;;/q-1;;;;;+1;2*+2/p-4. The minimum atomic E-state index is -0.931. The van der Waals surface area contributed by atoms with Crippen LogP contribution in [0.5, 0.6) is 0 Å². The summed E-state index contributed by atoms with van der Waals surface area (Å²) < 4.78 is 0. The largest absolute Gasteiger partial charge is 2.00 e. The molecular weight excluding hydrogens is 307 g/mol. The quantitative estimate of drug-likeness (QED) is 0.308. The number of rotatable bonds is 0. The van der Waals surface area contributed by atoms with Crippen LogP contribution in [0.1, 0.15) is 0 Å². The van der Waals surface area contributed by atoms with E-state index in [1.807, 2.05) is 0 Å². The Morgan fingerprint density at radius 3 is 1.22 bits per heavy atom. The summed E-state index contributed by atoms with van der Waals surface area (Å²) in [5, 5.41) is 0. The Hall–Kier alpha value is 3.08. The van der Waals surface area contributed by atoms with E-state index in [9.17, 15) is 0 Å². The Morgan fingerprint density at radius 2 is 1.22 bits per heavy atom. The summed E-state index contributed by atoms with van der Waals surface area (Å²) in [6.07, 6.45) is 0. The zero-order valence-electron chi connectivity index (χ0n) is 5.21. The van der Waals surface area contributed by atoms with Crippen molar-refractivity contribution in [3.05, 3.63) is 13.2 Å². The second kappa shape index (κ2) is 67.7. The van der Waals surface area contributed by atoms with E-state index < -0.39 is 15.1 Å². The normalized spacial score (nSPS) is 1.56. The Bertz CT molecular complexity index is 25.8. The maximum Gasteiger partial charge on any atom is 2.00 e. The first-order chi connectivity index (χ1) is 2.41. The zero-order chi connectivity index (χ0) is 4.71. The van der Waals surface area contributed by atoms with Gasteiger partial charge in [-0.1, -0.05) is 0 Å². The third-order valence-electron chi connectivity index (χ3n) is 0. The van der Waals surface area contributed by atoms with Gasteiger partial charge in [-0.25, -0.2) is 0 Å². The van der Waals surface area contributed by atoms with Crippen LogP contribution < -0.4 is 48.2 Å². The van der Waals surface area contributed by atoms with E-state index in [4.69, 9.17) is 19.4 Å². The molecule has 0 atom stereocenters. The average molecular weight is 310 g/mol. The van der Waals surface area contributed by atoms with Gasteiger partial charge in [-0.2, -0.15) is 0 Å². The summed E-state index contributed by atoms with van der Waals surface area (Å²) in [5.41, 5.74) is 0. The van der Waals surface area contributed by atoms with Crippen LogP contribution in [0.25, 0.3) is 0 Å². The van der Waals surface area contributed by atoms with Gasteiger partial charge in [0.2, 0.25) is 0 Å². The van der Waals surface area contributed by atoms with Gasteiger partial charge in [0.15, 0.2) is 0 Å². The number of hydrogen-bond acceptors (Lipinski definition) is 0. The Balaban J connectivity index is -0.00000000357. The summed E-state index contributed by atoms with van der Waals surface area (Å²) in [7, 11) is 9.90. The van der Waals surface area contributed by atoms with E-state index in [0.29, 0.717) is 0 Å².